The maximum Gasteiger partial charge on any atom is 0.354 e. The van der Waals surface area contributed by atoms with Crippen LogP contribution in [0.4, 0.5) is 5.69 Å². The van der Waals surface area contributed by atoms with Gasteiger partial charge >= 0.3 is 5.97 Å². The minimum absolute atomic E-state index is 0.165. The summed E-state index contributed by atoms with van der Waals surface area (Å²) < 4.78 is 1.52. The molecule has 0 spiro atoms. The van der Waals surface area contributed by atoms with E-state index in [9.17, 15) is 9.59 Å². The number of aromatic nitrogens is 2. The van der Waals surface area contributed by atoms with E-state index in [2.05, 4.69) is 47.1 Å². The number of carbonyl (C=O) groups is 2. The molecule has 0 fully saturated rings. The quantitative estimate of drug-likeness (QED) is 0.753. The molecule has 0 saturated carbocycles. The number of aromatic carboxylic acids is 1. The van der Waals surface area contributed by atoms with Crippen LogP contribution in [0.2, 0.25) is 0 Å². The minimum Gasteiger partial charge on any atom is -0.477 e. The lowest BCUT2D eigenvalue weighted by atomic mass is 10.2. The first-order valence-electron chi connectivity index (χ1n) is 5.02. The number of aromatic amines is 1. The third kappa shape index (κ3) is 3.02. The number of carboxylic acids is 1. The molecule has 1 heterocycles. The molecule has 2 aromatic rings. The van der Waals surface area contributed by atoms with Gasteiger partial charge in [-0.05, 0) is 34.1 Å². The number of carbonyl (C=O) groups excluding carboxylic acids is 1. The fourth-order valence-corrected chi connectivity index (χ4v) is 2.55. The maximum atomic E-state index is 11.9. The first-order valence-corrected chi connectivity index (χ1v) is 6.60. The highest BCUT2D eigenvalue weighted by Gasteiger charge is 2.20. The van der Waals surface area contributed by atoms with Gasteiger partial charge in [-0.1, -0.05) is 15.9 Å². The van der Waals surface area contributed by atoms with E-state index in [4.69, 9.17) is 5.11 Å². The molecule has 0 aliphatic carbocycles. The molecule has 0 bridgehead atoms. The lowest BCUT2D eigenvalue weighted by Crippen LogP contribution is -2.16. The van der Waals surface area contributed by atoms with Crippen LogP contribution in [-0.4, -0.2) is 27.0 Å². The van der Waals surface area contributed by atoms with Crippen LogP contribution in [0.5, 0.6) is 0 Å². The van der Waals surface area contributed by atoms with Gasteiger partial charge in [0, 0.05) is 8.95 Å². The Bertz CT molecular complexity index is 654. The van der Waals surface area contributed by atoms with Crippen molar-refractivity contribution in [2.75, 3.05) is 5.32 Å². The summed E-state index contributed by atoms with van der Waals surface area (Å²) in [4.78, 5) is 28.9. The Morgan fingerprint density at radius 2 is 2.05 bits per heavy atom. The lowest BCUT2D eigenvalue weighted by molar-refractivity contribution is 0.0686. The van der Waals surface area contributed by atoms with Gasteiger partial charge in [0.2, 0.25) is 0 Å². The van der Waals surface area contributed by atoms with E-state index in [0.29, 0.717) is 10.2 Å². The summed E-state index contributed by atoms with van der Waals surface area (Å²) in [6, 6.07) is 5.19. The lowest BCUT2D eigenvalue weighted by Gasteiger charge is -2.06. The van der Waals surface area contributed by atoms with Crippen molar-refractivity contribution < 1.29 is 14.7 Å². The predicted molar refractivity (Wildman–Crippen MR) is 75.3 cm³/mol. The molecule has 19 heavy (non-hydrogen) atoms. The summed E-state index contributed by atoms with van der Waals surface area (Å²) >= 11 is 6.59. The maximum absolute atomic E-state index is 11.9. The highest BCUT2D eigenvalue weighted by Crippen LogP contribution is 2.26. The number of amides is 1. The Labute approximate surface area is 124 Å². The molecule has 0 aliphatic heterocycles. The summed E-state index contributed by atoms with van der Waals surface area (Å²) in [5.74, 6) is -1.83. The summed E-state index contributed by atoms with van der Waals surface area (Å²) in [6.45, 7) is 0. The van der Waals surface area contributed by atoms with Gasteiger partial charge < -0.3 is 15.4 Å². The number of nitrogens with zero attached hydrogens (tertiary/aromatic N) is 1. The van der Waals surface area contributed by atoms with Gasteiger partial charge in [0.05, 0.1) is 12.0 Å². The molecule has 6 nitrogen and oxygen atoms in total. The Hall–Kier alpha value is -1.67. The summed E-state index contributed by atoms with van der Waals surface area (Å²) in [7, 11) is 0. The van der Waals surface area contributed by atoms with E-state index < -0.39 is 11.9 Å². The molecule has 1 amide bonds. The van der Waals surface area contributed by atoms with Gasteiger partial charge in [-0.25, -0.2) is 9.78 Å². The van der Waals surface area contributed by atoms with Crippen LogP contribution < -0.4 is 5.32 Å². The van der Waals surface area contributed by atoms with Crippen molar-refractivity contribution in [3.8, 4) is 0 Å². The topological polar surface area (TPSA) is 95.1 Å². The molecule has 1 aromatic carbocycles. The molecular formula is C11H7Br2N3O3. The van der Waals surface area contributed by atoms with Crippen molar-refractivity contribution >= 4 is 49.4 Å². The number of hydrogen-bond donors (Lipinski definition) is 3. The van der Waals surface area contributed by atoms with Gasteiger partial charge in [0.15, 0.2) is 11.4 Å². The molecule has 1 aromatic heterocycles. The SMILES string of the molecule is O=C(Nc1ccc(Br)cc1Br)c1nc[nH]c1C(=O)O. The number of anilines is 1. The van der Waals surface area contributed by atoms with Gasteiger partial charge in [-0.3, -0.25) is 4.79 Å². The second-order valence-corrected chi connectivity index (χ2v) is 5.28. The number of H-pyrrole nitrogens is 1. The highest BCUT2D eigenvalue weighted by atomic mass is 79.9. The Morgan fingerprint density at radius 1 is 1.32 bits per heavy atom. The third-order valence-electron chi connectivity index (χ3n) is 2.25. The van der Waals surface area contributed by atoms with E-state index in [0.717, 1.165) is 10.8 Å². The molecule has 0 atom stereocenters. The zero-order chi connectivity index (χ0) is 14.0. The van der Waals surface area contributed by atoms with E-state index >= 15 is 0 Å². The zero-order valence-corrected chi connectivity index (χ0v) is 12.4. The second-order valence-electron chi connectivity index (χ2n) is 3.51. The van der Waals surface area contributed by atoms with Crippen molar-refractivity contribution in [2.24, 2.45) is 0 Å². The van der Waals surface area contributed by atoms with Crippen LogP contribution in [0.25, 0.3) is 0 Å². The average molecular weight is 389 g/mol. The van der Waals surface area contributed by atoms with Crippen molar-refractivity contribution in [3.05, 3.63) is 44.9 Å². The van der Waals surface area contributed by atoms with Crippen molar-refractivity contribution in [1.29, 1.82) is 0 Å². The molecule has 0 radical (unpaired) electrons. The van der Waals surface area contributed by atoms with Gasteiger partial charge in [0.25, 0.3) is 5.91 Å². The average Bonchev–Trinajstić information content (AvgIpc) is 2.82. The summed E-state index contributed by atoms with van der Waals surface area (Å²) in [5, 5.41) is 11.5. The number of nitrogens with one attached hydrogen (secondary N) is 2. The molecule has 3 N–H and O–H groups in total. The normalized spacial score (nSPS) is 10.2. The number of benzene rings is 1. The first kappa shape index (κ1) is 13.8. The number of carboxylic acid groups (broad SMARTS) is 1. The molecule has 0 saturated heterocycles. The van der Waals surface area contributed by atoms with Crippen LogP contribution >= 0.6 is 31.9 Å². The molecule has 2 rings (SSSR count). The van der Waals surface area contributed by atoms with Crippen molar-refractivity contribution in [3.63, 3.8) is 0 Å². The van der Waals surface area contributed by atoms with Crippen molar-refractivity contribution in [2.45, 2.75) is 0 Å². The Kier molecular flexibility index (Phi) is 4.01. The predicted octanol–water partition coefficient (Wildman–Crippen LogP) is 2.89. The summed E-state index contributed by atoms with van der Waals surface area (Å²) in [6.07, 6.45) is 1.16. The molecule has 0 aliphatic rings. The van der Waals surface area contributed by atoms with Crippen LogP contribution in [0.1, 0.15) is 21.0 Å². The molecule has 0 unspecified atom stereocenters. The number of hydrogen-bond acceptors (Lipinski definition) is 3. The molecule has 98 valence electrons. The Balaban J connectivity index is 2.26. The number of imidazole rings is 1. The highest BCUT2D eigenvalue weighted by molar-refractivity contribution is 9.11. The smallest absolute Gasteiger partial charge is 0.354 e. The number of halogens is 2. The minimum atomic E-state index is -1.24. The number of rotatable bonds is 3. The molecule has 8 heteroatoms. The largest absolute Gasteiger partial charge is 0.477 e. The van der Waals surface area contributed by atoms with Gasteiger partial charge in [0.1, 0.15) is 0 Å². The molecular weight excluding hydrogens is 382 g/mol. The van der Waals surface area contributed by atoms with Crippen molar-refractivity contribution in [1.82, 2.24) is 9.97 Å². The van der Waals surface area contributed by atoms with E-state index in [1.54, 1.807) is 18.2 Å². The van der Waals surface area contributed by atoms with E-state index in [-0.39, 0.29) is 11.4 Å². The van der Waals surface area contributed by atoms with Crippen LogP contribution in [0.15, 0.2) is 33.5 Å². The van der Waals surface area contributed by atoms with Crippen LogP contribution in [-0.2, 0) is 0 Å². The van der Waals surface area contributed by atoms with Crippen LogP contribution in [0.3, 0.4) is 0 Å². The van der Waals surface area contributed by atoms with E-state index in [1.165, 1.54) is 0 Å². The standard InChI is InChI=1S/C11H7Br2N3O3/c12-5-1-2-7(6(13)3-5)16-10(17)8-9(11(18)19)15-4-14-8/h1-4H,(H,14,15)(H,16,17)(H,18,19). The van der Waals surface area contributed by atoms with Gasteiger partial charge in [-0.2, -0.15) is 0 Å². The second kappa shape index (κ2) is 5.54. The van der Waals surface area contributed by atoms with Crippen LogP contribution in [0, 0.1) is 0 Å². The Morgan fingerprint density at radius 3 is 2.68 bits per heavy atom. The first-order chi connectivity index (χ1) is 8.99. The van der Waals surface area contributed by atoms with Gasteiger partial charge in [-0.15, -0.1) is 0 Å². The third-order valence-corrected chi connectivity index (χ3v) is 3.40. The fraction of sp³-hybridized carbons (Fsp3) is 0. The summed E-state index contributed by atoms with van der Waals surface area (Å²) in [5.41, 5.74) is 0.112. The monoisotopic (exact) mass is 387 g/mol. The zero-order valence-electron chi connectivity index (χ0n) is 9.28. The fourth-order valence-electron chi connectivity index (χ4n) is 1.40. The van der Waals surface area contributed by atoms with E-state index in [1.807, 2.05) is 0 Å².